The summed E-state index contributed by atoms with van der Waals surface area (Å²) in [7, 11) is -3.56. The van der Waals surface area contributed by atoms with Crippen LogP contribution in [0.15, 0.2) is 23.4 Å². The van der Waals surface area contributed by atoms with Crippen LogP contribution < -0.4 is 10.5 Å². The first-order chi connectivity index (χ1) is 9.56. The molecule has 112 valence electrons. The molecule has 2 unspecified atom stereocenters. The standard InChI is InChI=1S/C13H21N3O3S/c1-2-12-11(5-6-19-12)9-16-20(17,18)13-4-3-10(7-14)8-15-13/h3-4,8,11-12,16H,2,5-7,9,14H2,1H3. The lowest BCUT2D eigenvalue weighted by Gasteiger charge is -2.17. The second kappa shape index (κ2) is 6.62. The average Bonchev–Trinajstić information content (AvgIpc) is 2.93. The topological polar surface area (TPSA) is 94.3 Å². The van der Waals surface area contributed by atoms with Crippen LogP contribution in [0.1, 0.15) is 25.3 Å². The smallest absolute Gasteiger partial charge is 0.258 e. The molecule has 1 fully saturated rings. The Labute approximate surface area is 119 Å². The predicted octanol–water partition coefficient (Wildman–Crippen LogP) is 0.634. The van der Waals surface area contributed by atoms with Crippen LogP contribution in [-0.4, -0.2) is 32.7 Å². The number of pyridine rings is 1. The molecular formula is C13H21N3O3S. The van der Waals surface area contributed by atoms with Gasteiger partial charge in [-0.15, -0.1) is 0 Å². The minimum Gasteiger partial charge on any atom is -0.378 e. The van der Waals surface area contributed by atoms with Gasteiger partial charge in [-0.2, -0.15) is 0 Å². The van der Waals surface area contributed by atoms with Crippen molar-refractivity contribution in [2.75, 3.05) is 13.2 Å². The highest BCUT2D eigenvalue weighted by Gasteiger charge is 2.28. The summed E-state index contributed by atoms with van der Waals surface area (Å²) in [6.07, 6.45) is 3.42. The molecule has 2 atom stereocenters. The first kappa shape index (κ1) is 15.4. The molecule has 0 bridgehead atoms. The molecule has 7 heteroatoms. The highest BCUT2D eigenvalue weighted by Crippen LogP contribution is 2.23. The molecular weight excluding hydrogens is 278 g/mol. The summed E-state index contributed by atoms with van der Waals surface area (Å²) in [6, 6.07) is 3.15. The third-order valence-electron chi connectivity index (χ3n) is 3.59. The number of rotatable bonds is 6. The summed E-state index contributed by atoms with van der Waals surface area (Å²) in [5.74, 6) is 0.234. The number of sulfonamides is 1. The van der Waals surface area contributed by atoms with E-state index in [9.17, 15) is 8.42 Å². The number of nitrogens with zero attached hydrogens (tertiary/aromatic N) is 1. The van der Waals surface area contributed by atoms with Crippen molar-refractivity contribution in [2.45, 2.75) is 37.4 Å². The summed E-state index contributed by atoms with van der Waals surface area (Å²) >= 11 is 0. The van der Waals surface area contributed by atoms with Gasteiger partial charge in [0, 0.05) is 31.8 Å². The van der Waals surface area contributed by atoms with Crippen LogP contribution in [0.5, 0.6) is 0 Å². The normalized spacial score (nSPS) is 23.1. The monoisotopic (exact) mass is 299 g/mol. The quantitative estimate of drug-likeness (QED) is 0.803. The van der Waals surface area contributed by atoms with Crippen molar-refractivity contribution in [1.29, 1.82) is 0 Å². The molecule has 1 aliphatic heterocycles. The van der Waals surface area contributed by atoms with E-state index in [1.807, 2.05) is 6.92 Å². The van der Waals surface area contributed by atoms with Crippen LogP contribution in [0, 0.1) is 5.92 Å². The molecule has 1 saturated heterocycles. The van der Waals surface area contributed by atoms with Crippen LogP contribution in [0.2, 0.25) is 0 Å². The van der Waals surface area contributed by atoms with E-state index in [0.717, 1.165) is 18.4 Å². The lowest BCUT2D eigenvalue weighted by Crippen LogP contribution is -2.33. The first-order valence-electron chi connectivity index (χ1n) is 6.83. The summed E-state index contributed by atoms with van der Waals surface area (Å²) in [6.45, 7) is 3.48. The van der Waals surface area contributed by atoms with Gasteiger partial charge in [0.05, 0.1) is 6.10 Å². The van der Waals surface area contributed by atoms with Gasteiger partial charge in [-0.3, -0.25) is 0 Å². The van der Waals surface area contributed by atoms with E-state index < -0.39 is 10.0 Å². The zero-order chi connectivity index (χ0) is 14.6. The second-order valence-corrected chi connectivity index (χ2v) is 6.64. The van der Waals surface area contributed by atoms with Crippen molar-refractivity contribution in [3.63, 3.8) is 0 Å². The van der Waals surface area contributed by atoms with E-state index in [-0.39, 0.29) is 17.0 Å². The highest BCUT2D eigenvalue weighted by molar-refractivity contribution is 7.89. The lowest BCUT2D eigenvalue weighted by atomic mass is 10.0. The van der Waals surface area contributed by atoms with Crippen molar-refractivity contribution in [3.8, 4) is 0 Å². The van der Waals surface area contributed by atoms with Gasteiger partial charge in [-0.1, -0.05) is 13.0 Å². The molecule has 0 amide bonds. The Balaban J connectivity index is 1.99. The first-order valence-corrected chi connectivity index (χ1v) is 8.31. The minimum atomic E-state index is -3.56. The van der Waals surface area contributed by atoms with E-state index in [1.165, 1.54) is 12.3 Å². The van der Waals surface area contributed by atoms with Crippen LogP contribution in [0.4, 0.5) is 0 Å². The van der Waals surface area contributed by atoms with Crippen LogP contribution >= 0.6 is 0 Å². The van der Waals surface area contributed by atoms with Crippen LogP contribution in [0.3, 0.4) is 0 Å². The van der Waals surface area contributed by atoms with Crippen molar-refractivity contribution in [1.82, 2.24) is 9.71 Å². The van der Waals surface area contributed by atoms with E-state index in [4.69, 9.17) is 10.5 Å². The van der Waals surface area contributed by atoms with E-state index in [2.05, 4.69) is 9.71 Å². The third kappa shape index (κ3) is 3.54. The SMILES string of the molecule is CCC1OCCC1CNS(=O)(=O)c1ccc(CN)cn1. The van der Waals surface area contributed by atoms with E-state index in [1.54, 1.807) is 6.07 Å². The zero-order valence-electron chi connectivity index (χ0n) is 11.6. The van der Waals surface area contributed by atoms with Gasteiger partial charge in [0.2, 0.25) is 0 Å². The third-order valence-corrected chi connectivity index (χ3v) is 4.93. The van der Waals surface area contributed by atoms with Crippen LogP contribution in [0.25, 0.3) is 0 Å². The summed E-state index contributed by atoms with van der Waals surface area (Å²) in [4.78, 5) is 3.94. The fourth-order valence-electron chi connectivity index (χ4n) is 2.36. The Hall–Kier alpha value is -1.02. The molecule has 0 saturated carbocycles. The molecule has 0 aliphatic carbocycles. The summed E-state index contributed by atoms with van der Waals surface area (Å²) in [5.41, 5.74) is 6.27. The average molecular weight is 299 g/mol. The lowest BCUT2D eigenvalue weighted by molar-refractivity contribution is 0.0884. The Kier molecular flexibility index (Phi) is 5.09. The van der Waals surface area contributed by atoms with Gasteiger partial charge in [0.25, 0.3) is 10.0 Å². The maximum absolute atomic E-state index is 12.1. The fourth-order valence-corrected chi connectivity index (χ4v) is 3.38. The van der Waals surface area contributed by atoms with Gasteiger partial charge >= 0.3 is 0 Å². The van der Waals surface area contributed by atoms with Crippen molar-refractivity contribution < 1.29 is 13.2 Å². The van der Waals surface area contributed by atoms with E-state index >= 15 is 0 Å². The second-order valence-electron chi connectivity index (χ2n) is 4.93. The number of nitrogens with two attached hydrogens (primary N) is 1. The molecule has 0 spiro atoms. The number of hydrogen-bond donors (Lipinski definition) is 2. The summed E-state index contributed by atoms with van der Waals surface area (Å²) < 4.78 is 32.4. The van der Waals surface area contributed by atoms with Gasteiger partial charge in [0.15, 0.2) is 5.03 Å². The minimum absolute atomic E-state index is 0.0293. The number of ether oxygens (including phenoxy) is 1. The largest absolute Gasteiger partial charge is 0.378 e. The molecule has 1 aliphatic rings. The van der Waals surface area contributed by atoms with Crippen molar-refractivity contribution in [3.05, 3.63) is 23.9 Å². The maximum Gasteiger partial charge on any atom is 0.258 e. The molecule has 0 aromatic carbocycles. The Morgan fingerprint density at radius 2 is 2.30 bits per heavy atom. The Morgan fingerprint density at radius 3 is 2.90 bits per heavy atom. The van der Waals surface area contributed by atoms with Crippen molar-refractivity contribution >= 4 is 10.0 Å². The fraction of sp³-hybridized carbons (Fsp3) is 0.615. The Bertz CT molecular complexity index is 530. The van der Waals surface area contributed by atoms with Gasteiger partial charge in [-0.25, -0.2) is 18.1 Å². The molecule has 6 nitrogen and oxygen atoms in total. The molecule has 3 N–H and O–H groups in total. The molecule has 2 heterocycles. The van der Waals surface area contributed by atoms with Crippen molar-refractivity contribution in [2.24, 2.45) is 11.7 Å². The predicted molar refractivity (Wildman–Crippen MR) is 75.5 cm³/mol. The van der Waals surface area contributed by atoms with Gasteiger partial charge in [-0.05, 0) is 24.5 Å². The highest BCUT2D eigenvalue weighted by atomic mass is 32.2. The molecule has 1 aromatic rings. The van der Waals surface area contributed by atoms with Crippen LogP contribution in [-0.2, 0) is 21.3 Å². The number of aromatic nitrogens is 1. The molecule has 1 aromatic heterocycles. The Morgan fingerprint density at radius 1 is 1.50 bits per heavy atom. The van der Waals surface area contributed by atoms with Gasteiger partial charge < -0.3 is 10.5 Å². The zero-order valence-corrected chi connectivity index (χ0v) is 12.4. The molecule has 2 rings (SSSR count). The molecule has 20 heavy (non-hydrogen) atoms. The number of nitrogens with one attached hydrogen (secondary N) is 1. The maximum atomic E-state index is 12.1. The van der Waals surface area contributed by atoms with Gasteiger partial charge in [0.1, 0.15) is 0 Å². The molecule has 0 radical (unpaired) electrons. The van der Waals surface area contributed by atoms with E-state index in [0.29, 0.717) is 19.7 Å². The number of hydrogen-bond acceptors (Lipinski definition) is 5. The summed E-state index contributed by atoms with van der Waals surface area (Å²) in [5, 5.41) is 0.0293.